The molecule has 1 aromatic rings. The van der Waals surface area contributed by atoms with Gasteiger partial charge in [0.15, 0.2) is 0 Å². The zero-order chi connectivity index (χ0) is 15.0. The highest BCUT2D eigenvalue weighted by Gasteiger charge is 2.17. The summed E-state index contributed by atoms with van der Waals surface area (Å²) in [6.45, 7) is 5.43. The van der Waals surface area contributed by atoms with Crippen LogP contribution in [0.25, 0.3) is 0 Å². The largest absolute Gasteiger partial charge is 0.444 e. The van der Waals surface area contributed by atoms with E-state index < -0.39 is 17.9 Å². The molecule has 1 rings (SSSR count). The highest BCUT2D eigenvalue weighted by atomic mass is 19.1. The number of carbonyl (C=O) groups is 1. The zero-order valence-electron chi connectivity index (χ0n) is 12.2. The first kappa shape index (κ1) is 16.4. The van der Waals surface area contributed by atoms with E-state index in [0.29, 0.717) is 6.61 Å². The predicted octanol–water partition coefficient (Wildman–Crippen LogP) is 3.07. The molecule has 1 atom stereocenters. The summed E-state index contributed by atoms with van der Waals surface area (Å²) in [6, 6.07) is 9.52. The minimum absolute atomic E-state index is 0.0648. The van der Waals surface area contributed by atoms with Gasteiger partial charge in [-0.05, 0) is 26.3 Å². The summed E-state index contributed by atoms with van der Waals surface area (Å²) in [5.41, 5.74) is 0.402. The molecule has 4 nitrogen and oxygen atoms in total. The Kier molecular flexibility index (Phi) is 6.45. The third kappa shape index (κ3) is 7.74. The Morgan fingerprint density at radius 1 is 1.30 bits per heavy atom. The minimum Gasteiger partial charge on any atom is -0.444 e. The van der Waals surface area contributed by atoms with Gasteiger partial charge in [0.1, 0.15) is 11.8 Å². The van der Waals surface area contributed by atoms with E-state index in [1.165, 1.54) is 0 Å². The van der Waals surface area contributed by atoms with Crippen LogP contribution in [0.15, 0.2) is 30.3 Å². The number of carbonyl (C=O) groups excluding carboxylic acids is 1. The summed E-state index contributed by atoms with van der Waals surface area (Å²) < 4.78 is 23.8. The van der Waals surface area contributed by atoms with Crippen molar-refractivity contribution in [3.05, 3.63) is 35.9 Å². The zero-order valence-corrected chi connectivity index (χ0v) is 12.2. The summed E-state index contributed by atoms with van der Waals surface area (Å²) in [4.78, 5) is 11.3. The van der Waals surface area contributed by atoms with Crippen molar-refractivity contribution >= 4 is 6.09 Å². The van der Waals surface area contributed by atoms with Crippen molar-refractivity contribution in [1.29, 1.82) is 0 Å². The van der Waals surface area contributed by atoms with E-state index in [9.17, 15) is 9.18 Å². The number of amides is 1. The van der Waals surface area contributed by atoms with E-state index in [-0.39, 0.29) is 13.2 Å². The summed E-state index contributed by atoms with van der Waals surface area (Å²) in [5, 5.41) is 2.37. The van der Waals surface area contributed by atoms with Gasteiger partial charge in [0, 0.05) is 0 Å². The Bertz CT molecular complexity index is 403. The number of benzene rings is 1. The van der Waals surface area contributed by atoms with Gasteiger partial charge in [-0.15, -0.1) is 0 Å². The smallest absolute Gasteiger partial charge is 0.407 e. The average Bonchev–Trinajstić information content (AvgIpc) is 2.36. The Morgan fingerprint density at radius 2 is 1.95 bits per heavy atom. The molecule has 0 aliphatic rings. The van der Waals surface area contributed by atoms with Gasteiger partial charge >= 0.3 is 6.09 Å². The normalized spacial score (nSPS) is 12.8. The van der Waals surface area contributed by atoms with Gasteiger partial charge in [-0.25, -0.2) is 9.18 Å². The maximum atomic E-state index is 13.5. The first-order chi connectivity index (χ1) is 9.37. The second-order valence-corrected chi connectivity index (χ2v) is 5.48. The molecular weight excluding hydrogens is 261 g/mol. The maximum Gasteiger partial charge on any atom is 0.407 e. The molecule has 0 saturated heterocycles. The first-order valence-corrected chi connectivity index (χ1v) is 6.59. The van der Waals surface area contributed by atoms with Crippen LogP contribution in [0.4, 0.5) is 9.18 Å². The van der Waals surface area contributed by atoms with Gasteiger partial charge in [-0.3, -0.25) is 0 Å². The second kappa shape index (κ2) is 7.85. The summed E-state index contributed by atoms with van der Waals surface area (Å²) in [6.07, 6.45) is -1.88. The van der Waals surface area contributed by atoms with E-state index >= 15 is 0 Å². The molecule has 0 saturated carbocycles. The molecule has 0 fully saturated rings. The first-order valence-electron chi connectivity index (χ1n) is 6.59. The number of ether oxygens (including phenoxy) is 2. The molecule has 0 aliphatic carbocycles. The molecule has 5 heteroatoms. The Labute approximate surface area is 119 Å². The van der Waals surface area contributed by atoms with Gasteiger partial charge in [-0.2, -0.15) is 0 Å². The molecule has 0 aliphatic heterocycles. The van der Waals surface area contributed by atoms with Crippen LogP contribution in [0.5, 0.6) is 0 Å². The molecule has 1 N–H and O–H groups in total. The van der Waals surface area contributed by atoms with Crippen molar-refractivity contribution in [2.45, 2.75) is 39.2 Å². The molecule has 0 spiro atoms. The van der Waals surface area contributed by atoms with Gasteiger partial charge in [0.2, 0.25) is 0 Å². The fourth-order valence-electron chi connectivity index (χ4n) is 1.45. The van der Waals surface area contributed by atoms with Crippen molar-refractivity contribution in [2.24, 2.45) is 0 Å². The fraction of sp³-hybridized carbons (Fsp3) is 0.533. The van der Waals surface area contributed by atoms with E-state index in [2.05, 4.69) is 5.32 Å². The summed E-state index contributed by atoms with van der Waals surface area (Å²) in [5.74, 6) is 0. The third-order valence-electron chi connectivity index (χ3n) is 2.28. The number of hydrogen-bond acceptors (Lipinski definition) is 3. The standard InChI is InChI=1S/C15H22FNO3/c1-15(2,3)20-14(18)17-9-13(16)11-19-10-12-7-5-4-6-8-12/h4-8,13H,9-11H2,1-3H3,(H,17,18). The lowest BCUT2D eigenvalue weighted by molar-refractivity contribution is 0.0448. The minimum atomic E-state index is -1.26. The molecule has 1 aromatic carbocycles. The fourth-order valence-corrected chi connectivity index (χ4v) is 1.45. The third-order valence-corrected chi connectivity index (χ3v) is 2.28. The van der Waals surface area contributed by atoms with E-state index in [0.717, 1.165) is 5.56 Å². The molecule has 0 bridgehead atoms. The number of halogens is 1. The van der Waals surface area contributed by atoms with Crippen molar-refractivity contribution < 1.29 is 18.7 Å². The molecule has 1 unspecified atom stereocenters. The molecule has 0 aromatic heterocycles. The van der Waals surface area contributed by atoms with Gasteiger partial charge in [-0.1, -0.05) is 30.3 Å². The highest BCUT2D eigenvalue weighted by molar-refractivity contribution is 5.67. The Morgan fingerprint density at radius 3 is 2.55 bits per heavy atom. The van der Waals surface area contributed by atoms with Gasteiger partial charge in [0.25, 0.3) is 0 Å². The summed E-state index contributed by atoms with van der Waals surface area (Å²) >= 11 is 0. The van der Waals surface area contributed by atoms with E-state index in [1.807, 2.05) is 30.3 Å². The SMILES string of the molecule is CC(C)(C)OC(=O)NCC(F)COCc1ccccc1. The van der Waals surface area contributed by atoms with Gasteiger partial charge in [0.05, 0.1) is 19.8 Å². The van der Waals surface area contributed by atoms with Crippen LogP contribution in [0.2, 0.25) is 0 Å². The molecule has 20 heavy (non-hydrogen) atoms. The number of hydrogen-bond donors (Lipinski definition) is 1. The van der Waals surface area contributed by atoms with Crippen LogP contribution in [-0.2, 0) is 16.1 Å². The lowest BCUT2D eigenvalue weighted by Crippen LogP contribution is -2.36. The van der Waals surface area contributed by atoms with Crippen molar-refractivity contribution in [3.8, 4) is 0 Å². The molecule has 1 amide bonds. The molecular formula is C15H22FNO3. The van der Waals surface area contributed by atoms with Crippen molar-refractivity contribution in [2.75, 3.05) is 13.2 Å². The highest BCUT2D eigenvalue weighted by Crippen LogP contribution is 2.06. The number of nitrogens with one attached hydrogen (secondary N) is 1. The van der Waals surface area contributed by atoms with E-state index in [4.69, 9.17) is 9.47 Å². The molecule has 0 heterocycles. The topological polar surface area (TPSA) is 47.6 Å². The average molecular weight is 283 g/mol. The van der Waals surface area contributed by atoms with Crippen molar-refractivity contribution in [1.82, 2.24) is 5.32 Å². The van der Waals surface area contributed by atoms with Crippen LogP contribution in [0.3, 0.4) is 0 Å². The van der Waals surface area contributed by atoms with Crippen LogP contribution < -0.4 is 5.32 Å². The lowest BCUT2D eigenvalue weighted by Gasteiger charge is -2.20. The van der Waals surface area contributed by atoms with E-state index in [1.54, 1.807) is 20.8 Å². The van der Waals surface area contributed by atoms with Crippen LogP contribution in [-0.4, -0.2) is 31.0 Å². The second-order valence-electron chi connectivity index (χ2n) is 5.48. The number of alkyl halides is 1. The lowest BCUT2D eigenvalue weighted by atomic mass is 10.2. The number of alkyl carbamates (subject to hydrolysis) is 1. The quantitative estimate of drug-likeness (QED) is 0.873. The van der Waals surface area contributed by atoms with Crippen LogP contribution in [0, 0.1) is 0 Å². The monoisotopic (exact) mass is 283 g/mol. The van der Waals surface area contributed by atoms with Crippen LogP contribution >= 0.6 is 0 Å². The Balaban J connectivity index is 2.14. The Hall–Kier alpha value is -1.62. The molecule has 112 valence electrons. The van der Waals surface area contributed by atoms with Crippen molar-refractivity contribution in [3.63, 3.8) is 0 Å². The van der Waals surface area contributed by atoms with Crippen LogP contribution in [0.1, 0.15) is 26.3 Å². The molecule has 0 radical (unpaired) electrons. The van der Waals surface area contributed by atoms with Gasteiger partial charge < -0.3 is 14.8 Å². The maximum absolute atomic E-state index is 13.5. The summed E-state index contributed by atoms with van der Waals surface area (Å²) in [7, 11) is 0. The predicted molar refractivity (Wildman–Crippen MR) is 75.2 cm³/mol. The number of rotatable bonds is 6.